The van der Waals surface area contributed by atoms with Crippen molar-refractivity contribution in [3.63, 3.8) is 0 Å². The molecule has 4 nitrogen and oxygen atoms in total. The molecule has 0 atom stereocenters. The number of hydrogen-bond donors (Lipinski definition) is 1. The zero-order valence-corrected chi connectivity index (χ0v) is 13.8. The molecule has 1 N–H and O–H groups in total. The summed E-state index contributed by atoms with van der Waals surface area (Å²) in [4.78, 5) is 11.3. The van der Waals surface area contributed by atoms with E-state index in [0.717, 1.165) is 31.3 Å². The summed E-state index contributed by atoms with van der Waals surface area (Å²) in [5.41, 5.74) is 1.27. The third kappa shape index (κ3) is 4.72. The highest BCUT2D eigenvalue weighted by Gasteiger charge is 2.14. The smallest absolute Gasteiger partial charge is 0.227 e. The van der Waals surface area contributed by atoms with E-state index >= 15 is 0 Å². The average Bonchev–Trinajstić information content (AvgIpc) is 2.54. The number of benzene rings is 1. The summed E-state index contributed by atoms with van der Waals surface area (Å²) in [6.45, 7) is 8.30. The zero-order chi connectivity index (χ0) is 15.8. The second kappa shape index (κ2) is 8.37. The van der Waals surface area contributed by atoms with E-state index < -0.39 is 0 Å². The number of hydrogen-bond acceptors (Lipinski definition) is 4. The average molecular weight is 298 g/mol. The minimum atomic E-state index is 0.339. The highest BCUT2D eigenvalue weighted by molar-refractivity contribution is 5.42. The Balaban J connectivity index is 2.12. The first kappa shape index (κ1) is 16.3. The molecule has 2 rings (SSSR count). The number of aromatic nitrogens is 2. The monoisotopic (exact) mass is 298 g/mol. The fraction of sp³-hybridized carbons (Fsp3) is 0.444. The Kier molecular flexibility index (Phi) is 6.19. The number of anilines is 2. The van der Waals surface area contributed by atoms with Crippen LogP contribution >= 0.6 is 0 Å². The van der Waals surface area contributed by atoms with Gasteiger partial charge in [0.2, 0.25) is 5.95 Å². The van der Waals surface area contributed by atoms with Crippen molar-refractivity contribution < 1.29 is 0 Å². The molecule has 0 radical (unpaired) electrons. The number of unbranched alkanes of at least 4 members (excludes halogenated alkanes) is 1. The molecule has 1 aromatic heterocycles. The van der Waals surface area contributed by atoms with Crippen LogP contribution < -0.4 is 10.2 Å². The predicted molar refractivity (Wildman–Crippen MR) is 93.2 cm³/mol. The van der Waals surface area contributed by atoms with E-state index in [-0.39, 0.29) is 0 Å². The van der Waals surface area contributed by atoms with Gasteiger partial charge in [0.05, 0.1) is 0 Å². The van der Waals surface area contributed by atoms with Crippen LogP contribution in [0.15, 0.2) is 42.6 Å². The molecule has 1 aromatic carbocycles. The van der Waals surface area contributed by atoms with Gasteiger partial charge in [-0.3, -0.25) is 0 Å². The molecule has 0 saturated carbocycles. The summed E-state index contributed by atoms with van der Waals surface area (Å²) in [6.07, 6.45) is 4.16. The van der Waals surface area contributed by atoms with Gasteiger partial charge in [-0.1, -0.05) is 43.7 Å². The van der Waals surface area contributed by atoms with E-state index in [0.29, 0.717) is 6.04 Å². The molecular weight excluding hydrogens is 272 g/mol. The quantitative estimate of drug-likeness (QED) is 0.745. The lowest BCUT2D eigenvalue weighted by atomic mass is 10.2. The third-order valence-electron chi connectivity index (χ3n) is 3.56. The van der Waals surface area contributed by atoms with Crippen molar-refractivity contribution in [3.05, 3.63) is 48.2 Å². The van der Waals surface area contributed by atoms with Gasteiger partial charge in [-0.05, 0) is 31.9 Å². The second-order valence-corrected chi connectivity index (χ2v) is 5.73. The predicted octanol–water partition coefficient (Wildman–Crippen LogP) is 4.10. The van der Waals surface area contributed by atoms with Gasteiger partial charge in [0, 0.05) is 25.3 Å². The lowest BCUT2D eigenvalue weighted by Gasteiger charge is -2.27. The molecular formula is C18H26N4. The van der Waals surface area contributed by atoms with Crippen LogP contribution in [0, 0.1) is 0 Å². The van der Waals surface area contributed by atoms with E-state index in [1.165, 1.54) is 12.0 Å². The minimum absolute atomic E-state index is 0.339. The molecule has 118 valence electrons. The lowest BCUT2D eigenvalue weighted by molar-refractivity contribution is 0.660. The van der Waals surface area contributed by atoms with Gasteiger partial charge in [-0.25, -0.2) is 4.98 Å². The van der Waals surface area contributed by atoms with Gasteiger partial charge in [0.15, 0.2) is 0 Å². The van der Waals surface area contributed by atoms with Gasteiger partial charge >= 0.3 is 0 Å². The summed E-state index contributed by atoms with van der Waals surface area (Å²) in [6, 6.07) is 12.7. The summed E-state index contributed by atoms with van der Waals surface area (Å²) < 4.78 is 0. The van der Waals surface area contributed by atoms with Crippen molar-refractivity contribution >= 4 is 11.8 Å². The Morgan fingerprint density at radius 2 is 1.91 bits per heavy atom. The van der Waals surface area contributed by atoms with Crippen LogP contribution in [0.4, 0.5) is 11.8 Å². The molecule has 0 aliphatic rings. The zero-order valence-electron chi connectivity index (χ0n) is 13.8. The molecule has 1 heterocycles. The van der Waals surface area contributed by atoms with Crippen LogP contribution in [0.2, 0.25) is 0 Å². The second-order valence-electron chi connectivity index (χ2n) is 5.73. The van der Waals surface area contributed by atoms with Gasteiger partial charge in [-0.2, -0.15) is 4.98 Å². The summed E-state index contributed by atoms with van der Waals surface area (Å²) in [5, 5.41) is 3.37. The van der Waals surface area contributed by atoms with E-state index in [1.54, 1.807) is 0 Å². The Labute approximate surface area is 133 Å². The minimum Gasteiger partial charge on any atom is -0.370 e. The van der Waals surface area contributed by atoms with E-state index in [9.17, 15) is 0 Å². The Morgan fingerprint density at radius 1 is 1.14 bits per heavy atom. The molecule has 0 aliphatic heterocycles. The maximum Gasteiger partial charge on any atom is 0.227 e. The molecule has 0 amide bonds. The fourth-order valence-corrected chi connectivity index (χ4v) is 2.24. The lowest BCUT2D eigenvalue weighted by Crippen LogP contribution is -2.31. The molecule has 0 spiro atoms. The van der Waals surface area contributed by atoms with Crippen molar-refractivity contribution in [3.8, 4) is 0 Å². The van der Waals surface area contributed by atoms with Crippen LogP contribution in [0.5, 0.6) is 0 Å². The topological polar surface area (TPSA) is 41.1 Å². The first-order valence-electron chi connectivity index (χ1n) is 8.08. The van der Waals surface area contributed by atoms with Crippen LogP contribution in [-0.4, -0.2) is 22.6 Å². The molecule has 0 unspecified atom stereocenters. The fourth-order valence-electron chi connectivity index (χ4n) is 2.24. The van der Waals surface area contributed by atoms with Crippen molar-refractivity contribution in [2.45, 2.75) is 46.2 Å². The highest BCUT2D eigenvalue weighted by Crippen LogP contribution is 2.17. The van der Waals surface area contributed by atoms with E-state index in [1.807, 2.05) is 18.3 Å². The largest absolute Gasteiger partial charge is 0.370 e. The molecule has 22 heavy (non-hydrogen) atoms. The molecule has 0 saturated heterocycles. The maximum absolute atomic E-state index is 4.67. The molecule has 4 heteroatoms. The molecule has 0 aliphatic carbocycles. The molecule has 2 aromatic rings. The van der Waals surface area contributed by atoms with Crippen LogP contribution in [0.1, 0.15) is 39.2 Å². The first-order chi connectivity index (χ1) is 10.7. The standard InChI is InChI=1S/C18H26N4/c1-4-5-12-19-17-11-13-20-18(21-17)22(15(2)3)14-16-9-7-6-8-10-16/h6-11,13,15H,4-5,12,14H2,1-3H3,(H,19,20,21). The molecule has 0 bridgehead atoms. The van der Waals surface area contributed by atoms with Crippen molar-refractivity contribution in [1.29, 1.82) is 0 Å². The van der Waals surface area contributed by atoms with E-state index in [2.05, 4.69) is 65.2 Å². The van der Waals surface area contributed by atoms with E-state index in [4.69, 9.17) is 0 Å². The SMILES string of the molecule is CCCCNc1ccnc(N(Cc2ccccc2)C(C)C)n1. The van der Waals surface area contributed by atoms with Crippen molar-refractivity contribution in [2.75, 3.05) is 16.8 Å². The van der Waals surface area contributed by atoms with Crippen LogP contribution in [0.3, 0.4) is 0 Å². The van der Waals surface area contributed by atoms with Crippen molar-refractivity contribution in [2.24, 2.45) is 0 Å². The number of nitrogens with zero attached hydrogens (tertiary/aromatic N) is 3. The van der Waals surface area contributed by atoms with Crippen LogP contribution in [0.25, 0.3) is 0 Å². The number of nitrogens with one attached hydrogen (secondary N) is 1. The van der Waals surface area contributed by atoms with Crippen molar-refractivity contribution in [1.82, 2.24) is 9.97 Å². The van der Waals surface area contributed by atoms with Gasteiger partial charge in [-0.15, -0.1) is 0 Å². The normalized spacial score (nSPS) is 10.7. The summed E-state index contributed by atoms with van der Waals surface area (Å²) in [5.74, 6) is 1.68. The first-order valence-corrected chi connectivity index (χ1v) is 8.08. The van der Waals surface area contributed by atoms with Gasteiger partial charge in [0.25, 0.3) is 0 Å². The Morgan fingerprint density at radius 3 is 2.59 bits per heavy atom. The maximum atomic E-state index is 4.67. The Bertz CT molecular complexity index is 554. The van der Waals surface area contributed by atoms with Crippen LogP contribution in [-0.2, 0) is 6.54 Å². The molecule has 0 fully saturated rings. The van der Waals surface area contributed by atoms with Gasteiger partial charge in [0.1, 0.15) is 5.82 Å². The summed E-state index contributed by atoms with van der Waals surface area (Å²) >= 11 is 0. The summed E-state index contributed by atoms with van der Waals surface area (Å²) in [7, 11) is 0. The Hall–Kier alpha value is -2.10. The van der Waals surface area contributed by atoms with Gasteiger partial charge < -0.3 is 10.2 Å². The highest BCUT2D eigenvalue weighted by atomic mass is 15.3. The number of rotatable bonds is 8. The third-order valence-corrected chi connectivity index (χ3v) is 3.56.